The van der Waals surface area contributed by atoms with Crippen molar-refractivity contribution in [3.63, 3.8) is 0 Å². The molecule has 4 heteroatoms. The first kappa shape index (κ1) is 22.1. The predicted octanol–water partition coefficient (Wildman–Crippen LogP) is 5.18. The van der Waals surface area contributed by atoms with Crippen molar-refractivity contribution < 1.29 is 21.9 Å². The number of benzene rings is 2. The maximum atomic E-state index is 10.8. The van der Waals surface area contributed by atoms with Crippen molar-refractivity contribution in [1.29, 1.82) is 0 Å². The normalized spacial score (nSPS) is 19.3. The summed E-state index contributed by atoms with van der Waals surface area (Å²) in [7, 11) is 8.11. The number of aliphatic hydroxyl groups is 1. The van der Waals surface area contributed by atoms with Gasteiger partial charge in [0, 0.05) is 11.8 Å². The van der Waals surface area contributed by atoms with E-state index >= 15 is 0 Å². The molecule has 0 saturated heterocycles. The molecular formula is C21H22ClOSiTi-2. The standard InChI is InChI=1S/C19H16O.2CH3.ClH.Si.Ti/c20-19(17-11-9-13-5-1-3-7-15(13)17)18-12-10-14-6-2-4-8-16(14)18;;;;;/h1-12,17-20H;2*1H3;1H;;/q;2*-1;;;+1/p-1. The van der Waals surface area contributed by atoms with Gasteiger partial charge in [-0.1, -0.05) is 72.8 Å². The van der Waals surface area contributed by atoms with Crippen LogP contribution in [0, 0.1) is 14.9 Å². The van der Waals surface area contributed by atoms with E-state index in [9.17, 15) is 5.11 Å². The molecular weight excluding hydrogens is 380 g/mol. The van der Waals surface area contributed by atoms with E-state index in [1.165, 1.54) is 22.3 Å². The predicted molar refractivity (Wildman–Crippen MR) is 107 cm³/mol. The van der Waals surface area contributed by atoms with Gasteiger partial charge >= 0.3 is 33.8 Å². The zero-order valence-corrected chi connectivity index (χ0v) is 17.8. The molecule has 4 rings (SSSR count). The van der Waals surface area contributed by atoms with E-state index in [1.807, 2.05) is 24.3 Å². The Hall–Kier alpha value is -0.899. The van der Waals surface area contributed by atoms with Crippen molar-refractivity contribution >= 4 is 29.1 Å². The number of hydrogen-bond acceptors (Lipinski definition) is 1. The molecule has 2 atom stereocenters. The first-order chi connectivity index (χ1) is 11.3. The Labute approximate surface area is 166 Å². The van der Waals surface area contributed by atoms with Crippen LogP contribution in [0.5, 0.6) is 0 Å². The molecule has 2 aromatic carbocycles. The number of fused-ring (bicyclic) bond motifs is 2. The zero-order valence-electron chi connectivity index (χ0n) is 14.5. The molecule has 0 bridgehead atoms. The minimum atomic E-state index is -0.408. The van der Waals surface area contributed by atoms with Gasteiger partial charge in [0.05, 0.1) is 6.10 Å². The summed E-state index contributed by atoms with van der Waals surface area (Å²) >= 11 is -0.222. The Kier molecular flexibility index (Phi) is 9.12. The van der Waals surface area contributed by atoms with Gasteiger partial charge in [-0.15, -0.1) is 0 Å². The molecule has 1 N–H and O–H groups in total. The monoisotopic (exact) mass is 401 g/mol. The van der Waals surface area contributed by atoms with Gasteiger partial charge in [-0.05, 0) is 22.3 Å². The molecule has 129 valence electrons. The summed E-state index contributed by atoms with van der Waals surface area (Å²) in [6.45, 7) is 0. The van der Waals surface area contributed by atoms with Gasteiger partial charge in [0.2, 0.25) is 0 Å². The molecule has 0 saturated carbocycles. The Balaban J connectivity index is 0.000000586. The fraction of sp³-hybridized carbons (Fsp3) is 0.143. The summed E-state index contributed by atoms with van der Waals surface area (Å²) in [6.07, 6.45) is 8.09. The third-order valence-corrected chi connectivity index (χ3v) is 4.41. The van der Waals surface area contributed by atoms with E-state index in [2.05, 4.69) is 56.2 Å². The maximum absolute atomic E-state index is 10.8. The van der Waals surface area contributed by atoms with Crippen LogP contribution in [-0.2, 0) is 16.8 Å². The molecule has 0 aromatic heterocycles. The van der Waals surface area contributed by atoms with Crippen LogP contribution in [0.1, 0.15) is 34.1 Å². The summed E-state index contributed by atoms with van der Waals surface area (Å²) < 4.78 is 0. The third-order valence-electron chi connectivity index (χ3n) is 4.41. The topological polar surface area (TPSA) is 20.2 Å². The van der Waals surface area contributed by atoms with E-state index in [-0.39, 0.29) is 43.5 Å². The van der Waals surface area contributed by atoms with E-state index in [0.29, 0.717) is 0 Å². The molecule has 2 aromatic rings. The van der Waals surface area contributed by atoms with E-state index < -0.39 is 6.10 Å². The Bertz CT molecular complexity index is 710. The first-order valence-electron chi connectivity index (χ1n) is 7.51. The van der Waals surface area contributed by atoms with Gasteiger partial charge in [-0.25, -0.2) is 0 Å². The molecule has 2 aliphatic carbocycles. The summed E-state index contributed by atoms with van der Waals surface area (Å²) in [5, 5.41) is 10.8. The number of halogens is 1. The molecule has 0 heterocycles. The van der Waals surface area contributed by atoms with Crippen LogP contribution < -0.4 is 0 Å². The van der Waals surface area contributed by atoms with Crippen LogP contribution >= 0.6 is 9.30 Å². The van der Waals surface area contributed by atoms with Gasteiger partial charge < -0.3 is 20.0 Å². The SMILES string of the molecule is OC(C1C=Cc2ccccc21)C1C=Cc2ccccc21.[CH3-].[CH3-].[Si]=[Ti][Cl]. The van der Waals surface area contributed by atoms with Crippen LogP contribution in [0.2, 0.25) is 0 Å². The molecule has 0 amide bonds. The molecule has 25 heavy (non-hydrogen) atoms. The van der Waals surface area contributed by atoms with Crippen molar-refractivity contribution in [2.45, 2.75) is 17.9 Å². The van der Waals surface area contributed by atoms with Crippen LogP contribution in [0.3, 0.4) is 0 Å². The van der Waals surface area contributed by atoms with Crippen molar-refractivity contribution in [1.82, 2.24) is 0 Å². The number of aliphatic hydroxyl groups excluding tert-OH is 1. The summed E-state index contributed by atoms with van der Waals surface area (Å²) in [4.78, 5) is 0. The first-order valence-corrected chi connectivity index (χ1v) is 12.5. The fourth-order valence-electron chi connectivity index (χ4n) is 3.37. The molecule has 0 spiro atoms. The number of rotatable bonds is 2. The van der Waals surface area contributed by atoms with Crippen LogP contribution in [0.25, 0.3) is 12.2 Å². The molecule has 2 aliphatic rings. The summed E-state index contributed by atoms with van der Waals surface area (Å²) in [5.74, 6) is 0.180. The van der Waals surface area contributed by atoms with Crippen LogP contribution in [0.4, 0.5) is 0 Å². The van der Waals surface area contributed by atoms with Gasteiger partial charge in [0.1, 0.15) is 0 Å². The molecule has 0 fully saturated rings. The molecule has 0 aliphatic heterocycles. The molecule has 2 unspecified atom stereocenters. The van der Waals surface area contributed by atoms with Gasteiger partial charge in [0.15, 0.2) is 0 Å². The van der Waals surface area contributed by atoms with Crippen molar-refractivity contribution in [2.24, 2.45) is 0 Å². The molecule has 1 nitrogen and oxygen atoms in total. The van der Waals surface area contributed by atoms with Crippen LogP contribution in [-0.4, -0.2) is 18.8 Å². The second kappa shape index (κ2) is 10.3. The van der Waals surface area contributed by atoms with E-state index in [0.717, 1.165) is 0 Å². The van der Waals surface area contributed by atoms with Crippen molar-refractivity contribution in [3.8, 4) is 0 Å². The van der Waals surface area contributed by atoms with Gasteiger partial charge in [0.25, 0.3) is 0 Å². The Morgan fingerprint density at radius 1 is 0.840 bits per heavy atom. The fourth-order valence-corrected chi connectivity index (χ4v) is 3.37. The van der Waals surface area contributed by atoms with E-state index in [4.69, 9.17) is 9.30 Å². The number of hydrogen-bond donors (Lipinski definition) is 1. The van der Waals surface area contributed by atoms with Gasteiger partial charge in [-0.2, -0.15) is 0 Å². The quantitative estimate of drug-likeness (QED) is 0.543. The average Bonchev–Trinajstić information content (AvgIpc) is 3.19. The second-order valence-corrected chi connectivity index (χ2v) is 9.02. The summed E-state index contributed by atoms with van der Waals surface area (Å²) in [6, 6.07) is 16.6. The summed E-state index contributed by atoms with van der Waals surface area (Å²) in [5.41, 5.74) is 4.93. The second-order valence-electron chi connectivity index (χ2n) is 5.61. The van der Waals surface area contributed by atoms with E-state index in [1.54, 1.807) is 0 Å². The zero-order chi connectivity index (χ0) is 16.2. The Morgan fingerprint density at radius 2 is 1.20 bits per heavy atom. The average molecular weight is 402 g/mol. The van der Waals surface area contributed by atoms with Gasteiger partial charge in [-0.3, -0.25) is 0 Å². The third kappa shape index (κ3) is 4.64. The van der Waals surface area contributed by atoms with Crippen LogP contribution in [0.15, 0.2) is 60.7 Å². The van der Waals surface area contributed by atoms with Crippen molar-refractivity contribution in [3.05, 3.63) is 97.8 Å². The minimum absolute atomic E-state index is 0. The van der Waals surface area contributed by atoms with Crippen molar-refractivity contribution in [2.75, 3.05) is 0 Å². The Morgan fingerprint density at radius 3 is 1.60 bits per heavy atom. The molecule has 2 radical (unpaired) electrons.